The third-order valence-corrected chi connectivity index (χ3v) is 3.17. The van der Waals surface area contributed by atoms with Crippen LogP contribution in [0.3, 0.4) is 0 Å². The maximum Gasteiger partial charge on any atom is 0.161 e. The highest BCUT2D eigenvalue weighted by atomic mass is 16.5. The molecule has 0 saturated carbocycles. The van der Waals surface area contributed by atoms with Crippen molar-refractivity contribution in [2.45, 2.75) is 38.8 Å². The molecule has 1 aromatic carbocycles. The van der Waals surface area contributed by atoms with Gasteiger partial charge < -0.3 is 19.9 Å². The highest BCUT2D eigenvalue weighted by Crippen LogP contribution is 2.28. The number of rotatable bonds is 8. The van der Waals surface area contributed by atoms with Gasteiger partial charge >= 0.3 is 0 Å². The normalized spacial score (nSPS) is 15.6. The van der Waals surface area contributed by atoms with E-state index in [4.69, 9.17) is 9.47 Å². The number of nitrogens with one attached hydrogen (secondary N) is 1. The van der Waals surface area contributed by atoms with Crippen LogP contribution in [0, 0.1) is 0 Å². The molecule has 2 unspecified atom stereocenters. The summed E-state index contributed by atoms with van der Waals surface area (Å²) in [5.41, 5.74) is -0.333. The van der Waals surface area contributed by atoms with Gasteiger partial charge in [0.1, 0.15) is 0 Å². The molecule has 0 aliphatic rings. The van der Waals surface area contributed by atoms with Crippen molar-refractivity contribution in [2.24, 2.45) is 0 Å². The smallest absolute Gasteiger partial charge is 0.161 e. The van der Waals surface area contributed by atoms with Crippen LogP contribution in [0.15, 0.2) is 24.3 Å². The molecule has 0 bridgehead atoms. The van der Waals surface area contributed by atoms with E-state index < -0.39 is 0 Å². The summed E-state index contributed by atoms with van der Waals surface area (Å²) in [5.74, 6) is 1.50. The Labute approximate surface area is 115 Å². The zero-order chi connectivity index (χ0) is 14.3. The molecular weight excluding hydrogens is 242 g/mol. The van der Waals surface area contributed by atoms with Crippen LogP contribution in [0.25, 0.3) is 0 Å². The third-order valence-electron chi connectivity index (χ3n) is 3.17. The molecule has 2 atom stereocenters. The summed E-state index contributed by atoms with van der Waals surface area (Å²) >= 11 is 0. The molecule has 0 heterocycles. The van der Waals surface area contributed by atoms with E-state index >= 15 is 0 Å². The van der Waals surface area contributed by atoms with Crippen molar-refractivity contribution < 1.29 is 14.6 Å². The number of benzene rings is 1. The van der Waals surface area contributed by atoms with E-state index in [2.05, 4.69) is 5.32 Å². The summed E-state index contributed by atoms with van der Waals surface area (Å²) in [6.07, 6.45) is 0.687. The molecule has 0 aliphatic heterocycles. The first-order valence-corrected chi connectivity index (χ1v) is 6.73. The fourth-order valence-corrected chi connectivity index (χ4v) is 1.96. The van der Waals surface area contributed by atoms with E-state index in [0.717, 1.165) is 11.5 Å². The van der Waals surface area contributed by atoms with Crippen LogP contribution < -0.4 is 14.8 Å². The lowest BCUT2D eigenvalue weighted by atomic mass is 9.96. The fourth-order valence-electron chi connectivity index (χ4n) is 1.96. The summed E-state index contributed by atoms with van der Waals surface area (Å²) in [6.45, 7) is 6.60. The molecule has 0 aromatic heterocycles. The van der Waals surface area contributed by atoms with E-state index in [-0.39, 0.29) is 18.2 Å². The van der Waals surface area contributed by atoms with Crippen LogP contribution in [0.5, 0.6) is 11.5 Å². The number of para-hydroxylation sites is 2. The molecule has 0 spiro atoms. The molecule has 1 rings (SSSR count). The maximum absolute atomic E-state index is 9.40. The van der Waals surface area contributed by atoms with E-state index in [1.807, 2.05) is 52.1 Å². The Morgan fingerprint density at radius 1 is 1.32 bits per heavy atom. The summed E-state index contributed by atoms with van der Waals surface area (Å²) in [7, 11) is 1.84. The van der Waals surface area contributed by atoms with Crippen LogP contribution in [0.1, 0.15) is 27.2 Å². The van der Waals surface area contributed by atoms with Crippen molar-refractivity contribution in [3.8, 4) is 11.5 Å². The number of aliphatic hydroxyl groups is 1. The summed E-state index contributed by atoms with van der Waals surface area (Å²) in [4.78, 5) is 0. The van der Waals surface area contributed by atoms with Crippen LogP contribution in [-0.4, -0.2) is 37.0 Å². The van der Waals surface area contributed by atoms with Gasteiger partial charge in [-0.05, 0) is 40.0 Å². The highest BCUT2D eigenvalue weighted by molar-refractivity contribution is 5.39. The fraction of sp³-hybridized carbons (Fsp3) is 0.600. The van der Waals surface area contributed by atoms with Crippen LogP contribution in [0.2, 0.25) is 0 Å². The second-order valence-electron chi connectivity index (χ2n) is 4.98. The average molecular weight is 267 g/mol. The van der Waals surface area contributed by atoms with Gasteiger partial charge in [0, 0.05) is 12.0 Å². The van der Waals surface area contributed by atoms with Crippen molar-refractivity contribution >= 4 is 0 Å². The Kier molecular flexibility index (Phi) is 6.12. The van der Waals surface area contributed by atoms with Crippen LogP contribution in [0.4, 0.5) is 0 Å². The van der Waals surface area contributed by atoms with Gasteiger partial charge in [0.25, 0.3) is 0 Å². The van der Waals surface area contributed by atoms with Crippen LogP contribution in [-0.2, 0) is 0 Å². The zero-order valence-corrected chi connectivity index (χ0v) is 12.3. The van der Waals surface area contributed by atoms with E-state index in [9.17, 15) is 5.11 Å². The lowest BCUT2D eigenvalue weighted by Crippen LogP contribution is -2.46. The first-order valence-electron chi connectivity index (χ1n) is 6.73. The third kappa shape index (κ3) is 4.73. The topological polar surface area (TPSA) is 50.7 Å². The zero-order valence-electron chi connectivity index (χ0n) is 12.3. The molecule has 0 aliphatic carbocycles. The minimum absolute atomic E-state index is 0.0220. The van der Waals surface area contributed by atoms with E-state index in [0.29, 0.717) is 13.0 Å². The number of hydrogen-bond donors (Lipinski definition) is 2. The van der Waals surface area contributed by atoms with Crippen molar-refractivity contribution in [3.63, 3.8) is 0 Å². The maximum atomic E-state index is 9.40. The molecule has 4 nitrogen and oxygen atoms in total. The molecular formula is C15H25NO3. The lowest BCUT2D eigenvalue weighted by molar-refractivity contribution is 0.112. The SMILES string of the molecule is CCOc1ccccc1OC(C)CC(C)(CO)NC. The van der Waals surface area contributed by atoms with Gasteiger partial charge in [-0.15, -0.1) is 0 Å². The number of aliphatic hydroxyl groups excluding tert-OH is 1. The minimum Gasteiger partial charge on any atom is -0.490 e. The molecule has 4 heteroatoms. The van der Waals surface area contributed by atoms with Crippen molar-refractivity contribution in [2.75, 3.05) is 20.3 Å². The predicted octanol–water partition coefficient (Wildman–Crippen LogP) is 2.21. The molecule has 19 heavy (non-hydrogen) atoms. The predicted molar refractivity (Wildman–Crippen MR) is 76.9 cm³/mol. The van der Waals surface area contributed by atoms with E-state index in [1.54, 1.807) is 0 Å². The van der Waals surface area contributed by atoms with Crippen molar-refractivity contribution in [3.05, 3.63) is 24.3 Å². The second kappa shape index (κ2) is 7.36. The molecule has 108 valence electrons. The number of ether oxygens (including phenoxy) is 2. The molecule has 0 saturated heterocycles. The van der Waals surface area contributed by atoms with Gasteiger partial charge in [0.15, 0.2) is 11.5 Å². The Morgan fingerprint density at radius 3 is 2.47 bits per heavy atom. The van der Waals surface area contributed by atoms with Crippen LogP contribution >= 0.6 is 0 Å². The summed E-state index contributed by atoms with van der Waals surface area (Å²) < 4.78 is 11.5. The monoisotopic (exact) mass is 267 g/mol. The quantitative estimate of drug-likeness (QED) is 0.758. The Balaban J connectivity index is 2.69. The molecule has 1 aromatic rings. The number of likely N-dealkylation sites (N-methyl/N-ethyl adjacent to an activating group) is 1. The Bertz CT molecular complexity index is 377. The van der Waals surface area contributed by atoms with Gasteiger partial charge in [0.05, 0.1) is 19.3 Å². The van der Waals surface area contributed by atoms with Gasteiger partial charge in [-0.3, -0.25) is 0 Å². The first-order chi connectivity index (χ1) is 9.04. The lowest BCUT2D eigenvalue weighted by Gasteiger charge is -2.30. The first kappa shape index (κ1) is 15.8. The van der Waals surface area contributed by atoms with Gasteiger partial charge in [0.2, 0.25) is 0 Å². The second-order valence-corrected chi connectivity index (χ2v) is 4.98. The largest absolute Gasteiger partial charge is 0.490 e. The summed E-state index contributed by atoms with van der Waals surface area (Å²) in [5, 5.41) is 12.5. The Morgan fingerprint density at radius 2 is 1.95 bits per heavy atom. The van der Waals surface area contributed by atoms with Crippen molar-refractivity contribution in [1.82, 2.24) is 5.32 Å². The van der Waals surface area contributed by atoms with Gasteiger partial charge in [-0.1, -0.05) is 12.1 Å². The number of hydrogen-bond acceptors (Lipinski definition) is 4. The minimum atomic E-state index is -0.333. The Hall–Kier alpha value is -1.26. The molecule has 0 fully saturated rings. The van der Waals surface area contributed by atoms with Crippen molar-refractivity contribution in [1.29, 1.82) is 0 Å². The molecule has 2 N–H and O–H groups in total. The van der Waals surface area contributed by atoms with Gasteiger partial charge in [-0.2, -0.15) is 0 Å². The van der Waals surface area contributed by atoms with Gasteiger partial charge in [-0.25, -0.2) is 0 Å². The average Bonchev–Trinajstić information content (AvgIpc) is 2.41. The van der Waals surface area contributed by atoms with E-state index in [1.165, 1.54) is 0 Å². The standard InChI is InChI=1S/C15H25NO3/c1-5-18-13-8-6-7-9-14(13)19-12(2)10-15(3,11-17)16-4/h6-9,12,16-17H,5,10-11H2,1-4H3. The highest BCUT2D eigenvalue weighted by Gasteiger charge is 2.25. The summed E-state index contributed by atoms with van der Waals surface area (Å²) in [6, 6.07) is 7.65. The molecule has 0 amide bonds. The molecule has 0 radical (unpaired) electrons.